The molecule has 0 aliphatic rings. The van der Waals surface area contributed by atoms with Crippen molar-refractivity contribution in [2.75, 3.05) is 0 Å². The molecular weight excluding hydrogens is 420 g/mol. The molecule has 0 saturated heterocycles. The number of H-pyrrole nitrogens is 2. The first-order valence-electron chi connectivity index (χ1n) is 11.6. The zero-order valence-electron chi connectivity index (χ0n) is 18.7. The van der Waals surface area contributed by atoms with Crippen molar-refractivity contribution in [3.05, 3.63) is 96.3 Å². The van der Waals surface area contributed by atoms with Gasteiger partial charge in [-0.1, -0.05) is 36.4 Å². The van der Waals surface area contributed by atoms with Crippen molar-refractivity contribution in [1.82, 2.24) is 29.9 Å². The Labute approximate surface area is 197 Å². The lowest BCUT2D eigenvalue weighted by Gasteiger charge is -2.04. The van der Waals surface area contributed by atoms with Crippen LogP contribution in [0.2, 0.25) is 0 Å². The Morgan fingerprint density at radius 3 is 1.47 bits per heavy atom. The summed E-state index contributed by atoms with van der Waals surface area (Å²) < 4.78 is 0. The van der Waals surface area contributed by atoms with Gasteiger partial charge in [0, 0.05) is 12.4 Å². The zero-order valence-corrected chi connectivity index (χ0v) is 18.7. The third kappa shape index (κ3) is 3.94. The van der Waals surface area contributed by atoms with Crippen LogP contribution in [0.4, 0.5) is 0 Å². The fourth-order valence-corrected chi connectivity index (χ4v) is 4.47. The molecule has 0 aliphatic carbocycles. The van der Waals surface area contributed by atoms with Crippen LogP contribution in [0.25, 0.3) is 45.1 Å². The summed E-state index contributed by atoms with van der Waals surface area (Å²) >= 11 is 0. The number of aromatic nitrogens is 6. The molecule has 2 N–H and O–H groups in total. The van der Waals surface area contributed by atoms with E-state index in [0.29, 0.717) is 0 Å². The molecule has 0 bridgehead atoms. The summed E-state index contributed by atoms with van der Waals surface area (Å²) in [6, 6.07) is 24.5. The van der Waals surface area contributed by atoms with Crippen molar-refractivity contribution >= 4 is 22.1 Å². The summed E-state index contributed by atoms with van der Waals surface area (Å²) in [7, 11) is 0. The third-order valence-electron chi connectivity index (χ3n) is 6.15. The second-order valence-electron chi connectivity index (χ2n) is 8.43. The molecule has 166 valence electrons. The van der Waals surface area contributed by atoms with Gasteiger partial charge in [0.25, 0.3) is 0 Å². The number of nitrogens with zero attached hydrogens (tertiary/aromatic N) is 4. The predicted molar refractivity (Wildman–Crippen MR) is 135 cm³/mol. The molecule has 0 spiro atoms. The molecule has 0 amide bonds. The molecular formula is C28H24N6. The van der Waals surface area contributed by atoms with Gasteiger partial charge in [-0.3, -0.25) is 9.97 Å². The van der Waals surface area contributed by atoms with Crippen molar-refractivity contribution in [3.63, 3.8) is 0 Å². The minimum absolute atomic E-state index is 0.817. The van der Waals surface area contributed by atoms with Crippen LogP contribution < -0.4 is 0 Å². The van der Waals surface area contributed by atoms with E-state index in [1.54, 1.807) is 12.4 Å². The van der Waals surface area contributed by atoms with Crippen LogP contribution in [-0.2, 0) is 12.8 Å². The topological polar surface area (TPSA) is 83.1 Å². The Balaban J connectivity index is 1.16. The second kappa shape index (κ2) is 8.90. The van der Waals surface area contributed by atoms with E-state index in [2.05, 4.69) is 56.3 Å². The number of nitrogens with one attached hydrogen (secondary N) is 2. The highest BCUT2D eigenvalue weighted by Crippen LogP contribution is 2.25. The van der Waals surface area contributed by atoms with E-state index >= 15 is 0 Å². The van der Waals surface area contributed by atoms with Crippen LogP contribution >= 0.6 is 0 Å². The van der Waals surface area contributed by atoms with Crippen LogP contribution in [-0.4, -0.2) is 29.9 Å². The normalized spacial score (nSPS) is 11.4. The predicted octanol–water partition coefficient (Wildman–Crippen LogP) is 6.13. The molecule has 0 aliphatic heterocycles. The highest BCUT2D eigenvalue weighted by Gasteiger charge is 2.11. The highest BCUT2D eigenvalue weighted by molar-refractivity contribution is 5.83. The molecule has 6 nitrogen and oxygen atoms in total. The van der Waals surface area contributed by atoms with E-state index in [-0.39, 0.29) is 0 Å². The van der Waals surface area contributed by atoms with E-state index in [4.69, 9.17) is 9.97 Å². The second-order valence-corrected chi connectivity index (χ2v) is 8.43. The number of pyridine rings is 2. The van der Waals surface area contributed by atoms with Gasteiger partial charge in [0.2, 0.25) is 0 Å². The minimum atomic E-state index is 0.817. The lowest BCUT2D eigenvalue weighted by atomic mass is 10.0. The van der Waals surface area contributed by atoms with Gasteiger partial charge >= 0.3 is 0 Å². The van der Waals surface area contributed by atoms with Crippen LogP contribution in [0.1, 0.15) is 24.0 Å². The number of rotatable bonds is 7. The van der Waals surface area contributed by atoms with Gasteiger partial charge < -0.3 is 9.97 Å². The maximum absolute atomic E-state index is 4.85. The Hall–Kier alpha value is -4.32. The average Bonchev–Trinajstić information content (AvgIpc) is 3.53. The zero-order chi connectivity index (χ0) is 22.7. The Morgan fingerprint density at radius 2 is 1.03 bits per heavy atom. The van der Waals surface area contributed by atoms with Gasteiger partial charge in [-0.2, -0.15) is 0 Å². The molecule has 2 aromatic carbocycles. The van der Waals surface area contributed by atoms with Gasteiger partial charge in [-0.15, -0.1) is 0 Å². The van der Waals surface area contributed by atoms with Gasteiger partial charge in [0.1, 0.15) is 11.4 Å². The van der Waals surface area contributed by atoms with Crippen molar-refractivity contribution < 1.29 is 0 Å². The molecule has 4 aromatic heterocycles. The summed E-state index contributed by atoms with van der Waals surface area (Å²) in [5, 5.41) is 0. The van der Waals surface area contributed by atoms with Gasteiger partial charge in [0.05, 0.1) is 22.1 Å². The monoisotopic (exact) mass is 444 g/mol. The SMILES string of the molecule is c1ccc(-c2nc3c(CCCCc4cccc5[nH]c(-c6ccccn6)nc45)cccc3[nH]2)nc1. The van der Waals surface area contributed by atoms with Crippen LogP contribution in [0.15, 0.2) is 85.2 Å². The Bertz CT molecular complexity index is 1430. The van der Waals surface area contributed by atoms with E-state index in [9.17, 15) is 0 Å². The number of fused-ring (bicyclic) bond motifs is 2. The fourth-order valence-electron chi connectivity index (χ4n) is 4.47. The molecule has 0 atom stereocenters. The number of unbranched alkanes of at least 4 members (excludes halogenated alkanes) is 1. The summed E-state index contributed by atoms with van der Waals surface area (Å²) in [6.07, 6.45) is 7.72. The molecule has 0 unspecified atom stereocenters. The summed E-state index contributed by atoms with van der Waals surface area (Å²) in [6.45, 7) is 0. The van der Waals surface area contributed by atoms with Crippen molar-refractivity contribution in [2.45, 2.75) is 25.7 Å². The molecule has 0 saturated carbocycles. The fraction of sp³-hybridized carbons (Fsp3) is 0.143. The number of imidazole rings is 2. The lowest BCUT2D eigenvalue weighted by Crippen LogP contribution is -1.92. The first kappa shape index (κ1) is 20.3. The number of hydrogen-bond donors (Lipinski definition) is 2. The Kier molecular flexibility index (Phi) is 5.32. The number of para-hydroxylation sites is 2. The van der Waals surface area contributed by atoms with Crippen LogP contribution in [0, 0.1) is 0 Å². The summed E-state index contributed by atoms with van der Waals surface area (Å²) in [5.41, 5.74) is 8.46. The van der Waals surface area contributed by atoms with E-state index in [0.717, 1.165) is 70.8 Å². The maximum Gasteiger partial charge on any atom is 0.157 e. The molecule has 0 fully saturated rings. The largest absolute Gasteiger partial charge is 0.337 e. The van der Waals surface area contributed by atoms with Crippen LogP contribution in [0.5, 0.6) is 0 Å². The van der Waals surface area contributed by atoms with Gasteiger partial charge in [-0.25, -0.2) is 9.97 Å². The maximum atomic E-state index is 4.85. The average molecular weight is 445 g/mol. The summed E-state index contributed by atoms with van der Waals surface area (Å²) in [5.74, 6) is 1.63. The number of aromatic amines is 2. The molecule has 6 heteroatoms. The molecule has 6 aromatic rings. The standard InChI is InChI=1S/C28H24N6/c1(9-19-11-7-15-21-25(19)33-27(31-21)23-13-3-5-17-29-23)2-10-20-12-8-16-22-26(20)34-28(32-22)24-14-4-6-18-30-24/h3-8,11-18H,1-2,9-10H2,(H,31,33)(H,32,34). The molecule has 0 radical (unpaired) electrons. The number of hydrogen-bond acceptors (Lipinski definition) is 4. The smallest absolute Gasteiger partial charge is 0.157 e. The lowest BCUT2D eigenvalue weighted by molar-refractivity contribution is 0.738. The summed E-state index contributed by atoms with van der Waals surface area (Å²) in [4.78, 5) is 25.4. The van der Waals surface area contributed by atoms with Crippen molar-refractivity contribution in [1.29, 1.82) is 0 Å². The van der Waals surface area contributed by atoms with E-state index in [1.807, 2.05) is 36.4 Å². The molecule has 4 heterocycles. The third-order valence-corrected chi connectivity index (χ3v) is 6.15. The number of aryl methyl sites for hydroxylation is 2. The van der Waals surface area contributed by atoms with Crippen LogP contribution in [0.3, 0.4) is 0 Å². The molecule has 34 heavy (non-hydrogen) atoms. The number of benzene rings is 2. The quantitative estimate of drug-likeness (QED) is 0.290. The van der Waals surface area contributed by atoms with Gasteiger partial charge in [-0.05, 0) is 73.2 Å². The first-order chi connectivity index (χ1) is 16.8. The van der Waals surface area contributed by atoms with Crippen molar-refractivity contribution in [3.8, 4) is 23.0 Å². The highest BCUT2D eigenvalue weighted by atomic mass is 15.0. The minimum Gasteiger partial charge on any atom is -0.337 e. The Morgan fingerprint density at radius 1 is 0.529 bits per heavy atom. The van der Waals surface area contributed by atoms with Gasteiger partial charge in [0.15, 0.2) is 11.6 Å². The van der Waals surface area contributed by atoms with E-state index in [1.165, 1.54) is 11.1 Å². The van der Waals surface area contributed by atoms with Crippen molar-refractivity contribution in [2.24, 2.45) is 0 Å². The molecule has 6 rings (SSSR count). The first-order valence-corrected chi connectivity index (χ1v) is 11.6. The van der Waals surface area contributed by atoms with E-state index < -0.39 is 0 Å².